The zero-order valence-electron chi connectivity index (χ0n) is 9.58. The number of hydrogen-bond acceptors (Lipinski definition) is 3. The molecular formula is C12H22O3. The minimum atomic E-state index is -0.477. The lowest BCUT2D eigenvalue weighted by molar-refractivity contribution is -0.123. The number of aliphatic hydroxyl groups is 1. The second-order valence-corrected chi connectivity index (χ2v) is 4.30. The van der Waals surface area contributed by atoms with Gasteiger partial charge in [0.25, 0.3) is 0 Å². The highest BCUT2D eigenvalue weighted by Gasteiger charge is 2.22. The number of carbonyl (C=O) groups is 1. The molecular weight excluding hydrogens is 192 g/mol. The first-order chi connectivity index (χ1) is 7.24. The Morgan fingerprint density at radius 2 is 2.13 bits per heavy atom. The summed E-state index contributed by atoms with van der Waals surface area (Å²) >= 11 is 0. The van der Waals surface area contributed by atoms with Crippen molar-refractivity contribution in [2.45, 2.75) is 51.6 Å². The van der Waals surface area contributed by atoms with Crippen molar-refractivity contribution in [2.24, 2.45) is 5.92 Å². The molecule has 1 rings (SSSR count). The Bertz CT molecular complexity index is 185. The van der Waals surface area contributed by atoms with Crippen molar-refractivity contribution in [1.29, 1.82) is 0 Å². The smallest absolute Gasteiger partial charge is 0.136 e. The third kappa shape index (κ3) is 4.76. The molecule has 1 N–H and O–H groups in total. The SMILES string of the molecule is CCOCC(O)CCC(=O)C1CCCC1. The largest absolute Gasteiger partial charge is 0.391 e. The molecule has 1 unspecified atom stereocenters. The molecule has 1 atom stereocenters. The van der Waals surface area contributed by atoms with Crippen molar-refractivity contribution >= 4 is 5.78 Å². The lowest BCUT2D eigenvalue weighted by Crippen LogP contribution is -2.19. The van der Waals surface area contributed by atoms with Gasteiger partial charge in [-0.05, 0) is 26.2 Å². The van der Waals surface area contributed by atoms with Crippen LogP contribution in [0.5, 0.6) is 0 Å². The van der Waals surface area contributed by atoms with Crippen LogP contribution in [0.25, 0.3) is 0 Å². The maximum Gasteiger partial charge on any atom is 0.136 e. The number of rotatable bonds is 7. The predicted molar refractivity (Wildman–Crippen MR) is 58.7 cm³/mol. The lowest BCUT2D eigenvalue weighted by Gasteiger charge is -2.11. The Labute approximate surface area is 91.8 Å². The summed E-state index contributed by atoms with van der Waals surface area (Å²) in [4.78, 5) is 11.7. The molecule has 0 aliphatic heterocycles. The van der Waals surface area contributed by atoms with E-state index < -0.39 is 6.10 Å². The van der Waals surface area contributed by atoms with Crippen LogP contribution in [0.4, 0.5) is 0 Å². The maximum atomic E-state index is 11.7. The molecule has 0 amide bonds. The quantitative estimate of drug-likeness (QED) is 0.704. The standard InChI is InChI=1S/C12H22O3/c1-2-15-9-11(13)7-8-12(14)10-5-3-4-6-10/h10-11,13H,2-9H2,1H3. The van der Waals surface area contributed by atoms with Gasteiger partial charge in [-0.3, -0.25) is 4.79 Å². The summed E-state index contributed by atoms with van der Waals surface area (Å²) in [6.07, 6.45) is 5.08. The molecule has 1 saturated carbocycles. The molecule has 88 valence electrons. The first kappa shape index (κ1) is 12.7. The van der Waals surface area contributed by atoms with Crippen LogP contribution in [0.1, 0.15) is 45.4 Å². The Morgan fingerprint density at radius 1 is 1.47 bits per heavy atom. The number of carbonyl (C=O) groups excluding carboxylic acids is 1. The molecule has 1 aliphatic carbocycles. The van der Waals surface area contributed by atoms with Crippen LogP contribution in [0, 0.1) is 5.92 Å². The predicted octanol–water partition coefficient (Wildman–Crippen LogP) is 1.92. The van der Waals surface area contributed by atoms with Crippen molar-refractivity contribution in [3.63, 3.8) is 0 Å². The summed E-state index contributed by atoms with van der Waals surface area (Å²) in [7, 11) is 0. The molecule has 0 aromatic rings. The topological polar surface area (TPSA) is 46.5 Å². The van der Waals surface area contributed by atoms with Gasteiger partial charge >= 0.3 is 0 Å². The Hall–Kier alpha value is -0.410. The van der Waals surface area contributed by atoms with Gasteiger partial charge in [-0.15, -0.1) is 0 Å². The molecule has 1 fully saturated rings. The first-order valence-corrected chi connectivity index (χ1v) is 6.02. The summed E-state index contributed by atoms with van der Waals surface area (Å²) in [5.41, 5.74) is 0. The van der Waals surface area contributed by atoms with Crippen LogP contribution in [0.3, 0.4) is 0 Å². The van der Waals surface area contributed by atoms with Gasteiger partial charge in [-0.25, -0.2) is 0 Å². The average molecular weight is 214 g/mol. The average Bonchev–Trinajstić information content (AvgIpc) is 2.76. The third-order valence-corrected chi connectivity index (χ3v) is 3.05. The van der Waals surface area contributed by atoms with E-state index in [4.69, 9.17) is 4.74 Å². The van der Waals surface area contributed by atoms with Crippen molar-refractivity contribution in [3.05, 3.63) is 0 Å². The van der Waals surface area contributed by atoms with E-state index in [-0.39, 0.29) is 5.92 Å². The van der Waals surface area contributed by atoms with Gasteiger partial charge < -0.3 is 9.84 Å². The highest BCUT2D eigenvalue weighted by molar-refractivity contribution is 5.81. The van der Waals surface area contributed by atoms with Crippen LogP contribution in [-0.2, 0) is 9.53 Å². The molecule has 0 aromatic carbocycles. The van der Waals surface area contributed by atoms with Crippen LogP contribution in [-0.4, -0.2) is 30.2 Å². The minimum absolute atomic E-state index is 0.282. The van der Waals surface area contributed by atoms with Gasteiger partial charge in [0.1, 0.15) is 5.78 Å². The van der Waals surface area contributed by atoms with Gasteiger partial charge in [-0.2, -0.15) is 0 Å². The molecule has 0 heterocycles. The maximum absolute atomic E-state index is 11.7. The van der Waals surface area contributed by atoms with E-state index in [1.165, 1.54) is 12.8 Å². The van der Waals surface area contributed by atoms with E-state index in [0.717, 1.165) is 12.8 Å². The molecule has 3 heteroatoms. The number of ketones is 1. The summed E-state index contributed by atoms with van der Waals surface area (Å²) in [6, 6.07) is 0. The highest BCUT2D eigenvalue weighted by Crippen LogP contribution is 2.26. The number of ether oxygens (including phenoxy) is 1. The summed E-state index contributed by atoms with van der Waals surface area (Å²) in [6.45, 7) is 2.87. The monoisotopic (exact) mass is 214 g/mol. The van der Waals surface area contributed by atoms with Crippen LogP contribution in [0.15, 0.2) is 0 Å². The van der Waals surface area contributed by atoms with Crippen molar-refractivity contribution in [1.82, 2.24) is 0 Å². The van der Waals surface area contributed by atoms with Crippen molar-refractivity contribution in [3.8, 4) is 0 Å². The Kier molecular flexibility index (Phi) is 5.88. The van der Waals surface area contributed by atoms with E-state index in [1.54, 1.807) is 0 Å². The molecule has 0 radical (unpaired) electrons. The third-order valence-electron chi connectivity index (χ3n) is 3.05. The van der Waals surface area contributed by atoms with E-state index >= 15 is 0 Å². The summed E-state index contributed by atoms with van der Waals surface area (Å²) in [5, 5.41) is 9.49. The van der Waals surface area contributed by atoms with Crippen LogP contribution < -0.4 is 0 Å². The van der Waals surface area contributed by atoms with Gasteiger partial charge in [-0.1, -0.05) is 12.8 Å². The molecule has 0 saturated heterocycles. The molecule has 0 spiro atoms. The normalized spacial score (nSPS) is 19.3. The Morgan fingerprint density at radius 3 is 2.73 bits per heavy atom. The fourth-order valence-electron chi connectivity index (χ4n) is 2.10. The fraction of sp³-hybridized carbons (Fsp3) is 0.917. The minimum Gasteiger partial charge on any atom is -0.391 e. The van der Waals surface area contributed by atoms with E-state index in [1.807, 2.05) is 6.92 Å². The molecule has 3 nitrogen and oxygen atoms in total. The number of hydrogen-bond donors (Lipinski definition) is 1. The van der Waals surface area contributed by atoms with Gasteiger partial charge in [0.15, 0.2) is 0 Å². The van der Waals surface area contributed by atoms with E-state index in [9.17, 15) is 9.90 Å². The lowest BCUT2D eigenvalue weighted by atomic mass is 9.98. The molecule has 0 bridgehead atoms. The molecule has 15 heavy (non-hydrogen) atoms. The van der Waals surface area contributed by atoms with Crippen LogP contribution in [0.2, 0.25) is 0 Å². The van der Waals surface area contributed by atoms with Gasteiger partial charge in [0, 0.05) is 18.9 Å². The van der Waals surface area contributed by atoms with Gasteiger partial charge in [0.2, 0.25) is 0 Å². The number of aliphatic hydroxyl groups excluding tert-OH is 1. The first-order valence-electron chi connectivity index (χ1n) is 6.02. The summed E-state index contributed by atoms with van der Waals surface area (Å²) < 4.78 is 5.09. The van der Waals surface area contributed by atoms with E-state index in [2.05, 4.69) is 0 Å². The van der Waals surface area contributed by atoms with E-state index in [0.29, 0.717) is 31.8 Å². The Balaban J connectivity index is 2.10. The zero-order chi connectivity index (χ0) is 11.1. The second-order valence-electron chi connectivity index (χ2n) is 4.30. The molecule has 0 aromatic heterocycles. The van der Waals surface area contributed by atoms with Crippen molar-refractivity contribution in [2.75, 3.05) is 13.2 Å². The number of Topliss-reactive ketones (excluding diaryl/α,β-unsaturated/α-hetero) is 1. The second kappa shape index (κ2) is 6.96. The van der Waals surface area contributed by atoms with Gasteiger partial charge in [0.05, 0.1) is 12.7 Å². The summed E-state index contributed by atoms with van der Waals surface area (Å²) in [5.74, 6) is 0.618. The highest BCUT2D eigenvalue weighted by atomic mass is 16.5. The van der Waals surface area contributed by atoms with Crippen LogP contribution >= 0.6 is 0 Å². The fourth-order valence-corrected chi connectivity index (χ4v) is 2.10. The zero-order valence-corrected chi connectivity index (χ0v) is 9.58. The molecule has 1 aliphatic rings. The van der Waals surface area contributed by atoms with Crippen molar-refractivity contribution < 1.29 is 14.6 Å².